The van der Waals surface area contributed by atoms with E-state index in [-0.39, 0.29) is 11.3 Å². The van der Waals surface area contributed by atoms with Crippen LogP contribution in [0.5, 0.6) is 5.75 Å². The molecule has 0 fully saturated rings. The Hall–Kier alpha value is -1.22. The Kier molecular flexibility index (Phi) is 3.81. The van der Waals surface area contributed by atoms with Gasteiger partial charge in [-0.25, -0.2) is 0 Å². The van der Waals surface area contributed by atoms with Crippen LogP contribution in [-0.2, 0) is 0 Å². The van der Waals surface area contributed by atoms with Gasteiger partial charge in [-0.15, -0.1) is 0 Å². The molecular formula is C10H7BrF3NO. The zero-order valence-corrected chi connectivity index (χ0v) is 9.76. The number of rotatable bonds is 2. The zero-order valence-electron chi connectivity index (χ0n) is 8.18. The number of hydrogen-bond donors (Lipinski definition) is 0. The van der Waals surface area contributed by atoms with E-state index in [2.05, 4.69) is 15.9 Å². The van der Waals surface area contributed by atoms with Gasteiger partial charge in [0.15, 0.2) is 6.10 Å². The molecule has 0 radical (unpaired) electrons. The maximum absolute atomic E-state index is 12.2. The Balaban J connectivity index is 2.90. The molecule has 6 heteroatoms. The van der Waals surface area contributed by atoms with Gasteiger partial charge < -0.3 is 4.74 Å². The number of halogens is 4. The summed E-state index contributed by atoms with van der Waals surface area (Å²) in [5.74, 6) is 0.00995. The average molecular weight is 294 g/mol. The van der Waals surface area contributed by atoms with E-state index in [1.807, 2.05) is 6.07 Å². The number of ether oxygens (including phenoxy) is 1. The smallest absolute Gasteiger partial charge is 0.425 e. The van der Waals surface area contributed by atoms with Gasteiger partial charge in [0.05, 0.1) is 11.6 Å². The Morgan fingerprint density at radius 1 is 1.38 bits per heavy atom. The van der Waals surface area contributed by atoms with E-state index in [0.29, 0.717) is 4.47 Å². The maximum Gasteiger partial charge on any atom is 0.425 e. The summed E-state index contributed by atoms with van der Waals surface area (Å²) in [5.41, 5.74) is 0.235. The lowest BCUT2D eigenvalue weighted by Gasteiger charge is -2.17. The van der Waals surface area contributed by atoms with E-state index >= 15 is 0 Å². The minimum Gasteiger partial charge on any atom is -0.481 e. The van der Waals surface area contributed by atoms with Gasteiger partial charge in [0.1, 0.15) is 5.75 Å². The summed E-state index contributed by atoms with van der Waals surface area (Å²) in [6, 6.07) is 5.96. The number of benzene rings is 1. The van der Waals surface area contributed by atoms with E-state index in [1.54, 1.807) is 0 Å². The Morgan fingerprint density at radius 3 is 2.50 bits per heavy atom. The number of nitrogens with zero attached hydrogens (tertiary/aromatic N) is 1. The van der Waals surface area contributed by atoms with Gasteiger partial charge in [-0.2, -0.15) is 18.4 Å². The third-order valence-electron chi connectivity index (χ3n) is 1.77. The first-order chi connectivity index (χ1) is 7.32. The first-order valence-electron chi connectivity index (χ1n) is 4.27. The molecule has 0 saturated carbocycles. The minimum absolute atomic E-state index is 0.00995. The van der Waals surface area contributed by atoms with Crippen molar-refractivity contribution >= 4 is 15.9 Å². The largest absolute Gasteiger partial charge is 0.481 e. The van der Waals surface area contributed by atoms with Crippen molar-refractivity contribution in [1.29, 1.82) is 5.26 Å². The van der Waals surface area contributed by atoms with Crippen molar-refractivity contribution in [1.82, 2.24) is 0 Å². The van der Waals surface area contributed by atoms with Gasteiger partial charge >= 0.3 is 6.18 Å². The summed E-state index contributed by atoms with van der Waals surface area (Å²) in [6.07, 6.45) is -6.33. The zero-order chi connectivity index (χ0) is 12.3. The first kappa shape index (κ1) is 12.8. The van der Waals surface area contributed by atoms with Crippen LogP contribution >= 0.6 is 15.9 Å². The van der Waals surface area contributed by atoms with Gasteiger partial charge in [0, 0.05) is 4.47 Å². The fourth-order valence-electron chi connectivity index (χ4n) is 0.966. The van der Waals surface area contributed by atoms with Gasteiger partial charge in [0.25, 0.3) is 0 Å². The summed E-state index contributed by atoms with van der Waals surface area (Å²) >= 11 is 3.08. The second-order valence-corrected chi connectivity index (χ2v) is 4.00. The molecule has 0 aromatic heterocycles. The Labute approximate surface area is 98.8 Å². The van der Waals surface area contributed by atoms with Crippen molar-refractivity contribution in [3.63, 3.8) is 0 Å². The van der Waals surface area contributed by atoms with Crippen molar-refractivity contribution in [3.8, 4) is 11.8 Å². The van der Waals surface area contributed by atoms with Crippen molar-refractivity contribution in [2.24, 2.45) is 0 Å². The summed E-state index contributed by atoms with van der Waals surface area (Å²) in [7, 11) is 0. The standard InChI is InChI=1S/C10H7BrF3NO/c1-6(10(12,13)14)16-9-3-7(5-15)2-8(11)4-9/h2-4,6H,1H3. The fourth-order valence-corrected chi connectivity index (χ4v) is 1.44. The van der Waals surface area contributed by atoms with Crippen LogP contribution in [0.15, 0.2) is 22.7 Å². The van der Waals surface area contributed by atoms with Crippen molar-refractivity contribution < 1.29 is 17.9 Å². The molecule has 0 aliphatic heterocycles. The molecule has 0 bridgehead atoms. The normalized spacial score (nSPS) is 13.0. The van der Waals surface area contributed by atoms with E-state index < -0.39 is 12.3 Å². The predicted octanol–water partition coefficient (Wildman–Crippen LogP) is 3.65. The molecule has 86 valence electrons. The van der Waals surface area contributed by atoms with E-state index in [1.165, 1.54) is 18.2 Å². The number of hydrogen-bond acceptors (Lipinski definition) is 2. The highest BCUT2D eigenvalue weighted by atomic mass is 79.9. The molecule has 0 heterocycles. The molecule has 1 unspecified atom stereocenters. The minimum atomic E-state index is -4.42. The molecule has 0 amide bonds. The summed E-state index contributed by atoms with van der Waals surface area (Å²) in [6.45, 7) is 0.910. The second kappa shape index (κ2) is 4.74. The molecular weight excluding hydrogens is 287 g/mol. The van der Waals surface area contributed by atoms with Crippen LogP contribution in [0, 0.1) is 11.3 Å². The van der Waals surface area contributed by atoms with Crippen LogP contribution < -0.4 is 4.74 Å². The van der Waals surface area contributed by atoms with Gasteiger partial charge in [-0.1, -0.05) is 15.9 Å². The molecule has 0 N–H and O–H groups in total. The topological polar surface area (TPSA) is 33.0 Å². The lowest BCUT2D eigenvalue weighted by molar-refractivity contribution is -0.189. The van der Waals surface area contributed by atoms with Gasteiger partial charge in [0.2, 0.25) is 0 Å². The van der Waals surface area contributed by atoms with Crippen molar-refractivity contribution in [2.75, 3.05) is 0 Å². The molecule has 1 aromatic rings. The summed E-state index contributed by atoms with van der Waals surface area (Å²) < 4.78 is 41.8. The summed E-state index contributed by atoms with van der Waals surface area (Å²) in [5, 5.41) is 8.63. The number of alkyl halides is 3. The molecule has 0 aliphatic rings. The van der Waals surface area contributed by atoms with Crippen LogP contribution in [0.1, 0.15) is 12.5 Å². The van der Waals surface area contributed by atoms with Gasteiger partial charge in [-0.3, -0.25) is 0 Å². The Bertz CT molecular complexity index is 425. The van der Waals surface area contributed by atoms with Crippen LogP contribution in [0.2, 0.25) is 0 Å². The summed E-state index contributed by atoms with van der Waals surface area (Å²) in [4.78, 5) is 0. The highest BCUT2D eigenvalue weighted by Gasteiger charge is 2.38. The molecule has 0 spiro atoms. The molecule has 1 atom stereocenters. The molecule has 0 saturated heterocycles. The average Bonchev–Trinajstić information content (AvgIpc) is 2.15. The molecule has 0 aliphatic carbocycles. The molecule has 1 aromatic carbocycles. The van der Waals surface area contributed by atoms with Gasteiger partial charge in [-0.05, 0) is 25.1 Å². The van der Waals surface area contributed by atoms with Crippen LogP contribution in [0.25, 0.3) is 0 Å². The monoisotopic (exact) mass is 293 g/mol. The van der Waals surface area contributed by atoms with Crippen LogP contribution in [0.4, 0.5) is 13.2 Å². The first-order valence-corrected chi connectivity index (χ1v) is 5.06. The van der Waals surface area contributed by atoms with Crippen LogP contribution in [-0.4, -0.2) is 12.3 Å². The van der Waals surface area contributed by atoms with E-state index in [9.17, 15) is 13.2 Å². The fraction of sp³-hybridized carbons (Fsp3) is 0.300. The Morgan fingerprint density at radius 2 is 2.00 bits per heavy atom. The number of nitriles is 1. The predicted molar refractivity (Wildman–Crippen MR) is 55.0 cm³/mol. The highest BCUT2D eigenvalue weighted by Crippen LogP contribution is 2.27. The molecule has 1 rings (SSSR count). The lowest BCUT2D eigenvalue weighted by Crippen LogP contribution is -2.31. The van der Waals surface area contributed by atoms with Crippen molar-refractivity contribution in [3.05, 3.63) is 28.2 Å². The molecule has 2 nitrogen and oxygen atoms in total. The van der Waals surface area contributed by atoms with Crippen molar-refractivity contribution in [2.45, 2.75) is 19.2 Å². The maximum atomic E-state index is 12.2. The quantitative estimate of drug-likeness (QED) is 0.834. The third-order valence-corrected chi connectivity index (χ3v) is 2.23. The lowest BCUT2D eigenvalue weighted by atomic mass is 10.2. The SMILES string of the molecule is CC(Oc1cc(Br)cc(C#N)c1)C(F)(F)F. The van der Waals surface area contributed by atoms with E-state index in [0.717, 1.165) is 6.92 Å². The third kappa shape index (κ3) is 3.42. The molecule has 16 heavy (non-hydrogen) atoms. The highest BCUT2D eigenvalue weighted by molar-refractivity contribution is 9.10. The van der Waals surface area contributed by atoms with Crippen LogP contribution in [0.3, 0.4) is 0 Å². The van der Waals surface area contributed by atoms with E-state index in [4.69, 9.17) is 10.00 Å². The second-order valence-electron chi connectivity index (χ2n) is 3.09.